The molecule has 23 heavy (non-hydrogen) atoms. The van der Waals surface area contributed by atoms with Crippen LogP contribution in [0.25, 0.3) is 11.3 Å². The summed E-state index contributed by atoms with van der Waals surface area (Å²) in [5.74, 6) is -1.12. The number of aromatic carboxylic acids is 1. The summed E-state index contributed by atoms with van der Waals surface area (Å²) in [4.78, 5) is 28.1. The Hall–Kier alpha value is -2.08. The third-order valence-electron chi connectivity index (χ3n) is 2.67. The molecule has 0 fully saturated rings. The Labute approximate surface area is 129 Å². The number of rotatable bonds is 6. The Bertz CT molecular complexity index is 773. The van der Waals surface area contributed by atoms with Gasteiger partial charge in [0.15, 0.2) is 0 Å². The van der Waals surface area contributed by atoms with Gasteiger partial charge in [-0.2, -0.15) is 0 Å². The van der Waals surface area contributed by atoms with E-state index in [9.17, 15) is 19.4 Å². The molecule has 0 amide bonds. The van der Waals surface area contributed by atoms with Crippen molar-refractivity contribution in [1.29, 1.82) is 0 Å². The maximum Gasteiger partial charge on any atom is 0.430 e. The molecule has 0 aliphatic rings. The first-order valence-corrected chi connectivity index (χ1v) is 7.69. The van der Waals surface area contributed by atoms with E-state index in [1.165, 1.54) is 24.4 Å². The average Bonchev–Trinajstić information content (AvgIpc) is 2.83. The molecule has 0 unspecified atom stereocenters. The lowest BCUT2D eigenvalue weighted by atomic mass is 9.81. The molecule has 2 rings (SSSR count). The normalized spacial score (nSPS) is 12.3. The zero-order valence-corrected chi connectivity index (χ0v) is 12.3. The molecule has 0 saturated heterocycles. The number of benzene rings is 1. The molecule has 0 spiro atoms. The van der Waals surface area contributed by atoms with E-state index >= 15 is 0 Å². The molecule has 2 aromatic rings. The number of phosphoric acid groups is 1. The second-order valence-electron chi connectivity index (χ2n) is 4.67. The predicted octanol–water partition coefficient (Wildman–Crippen LogP) is -0.785. The summed E-state index contributed by atoms with van der Waals surface area (Å²) < 4.78 is 15.4. The fourth-order valence-electron chi connectivity index (χ4n) is 1.83. The number of nitrogens with zero attached hydrogens (tertiary/aromatic N) is 3. The van der Waals surface area contributed by atoms with E-state index in [1.54, 1.807) is 6.07 Å². The van der Waals surface area contributed by atoms with E-state index in [0.29, 0.717) is 5.56 Å². The maximum absolute atomic E-state index is 10.9. The lowest BCUT2D eigenvalue weighted by molar-refractivity contribution is 0.0696. The standard InChI is InChI=1S/C10H12BN3O8P/c15-10(16)8-3-1-2-7(4-8)9-5-14(13-12-9)6-11(17,18)22-23(19,20)21/h1-5,17-18H,6H2,(H,15,16)(H2,19,20,21)/q-1. The van der Waals surface area contributed by atoms with Crippen LogP contribution < -0.4 is 0 Å². The minimum absolute atomic E-state index is 0.0322. The van der Waals surface area contributed by atoms with E-state index in [2.05, 4.69) is 14.8 Å². The van der Waals surface area contributed by atoms with Crippen LogP contribution in [0.4, 0.5) is 0 Å². The van der Waals surface area contributed by atoms with Crippen LogP contribution in [-0.2, 0) is 15.5 Å². The monoisotopic (exact) mass is 344 g/mol. The highest BCUT2D eigenvalue weighted by Crippen LogP contribution is 2.38. The van der Waals surface area contributed by atoms with E-state index in [-0.39, 0.29) is 11.3 Å². The fourth-order valence-corrected chi connectivity index (χ4v) is 2.33. The van der Waals surface area contributed by atoms with E-state index in [1.807, 2.05) is 0 Å². The SMILES string of the molecule is O=C(O)c1cccc(-c2cn(C[B-](O)(O)OP(=O)(O)O)nn2)c1. The van der Waals surface area contributed by atoms with Gasteiger partial charge < -0.3 is 29.4 Å². The van der Waals surface area contributed by atoms with Gasteiger partial charge in [-0.15, -0.1) is 5.10 Å². The van der Waals surface area contributed by atoms with Crippen LogP contribution in [0.1, 0.15) is 10.4 Å². The first-order valence-electron chi connectivity index (χ1n) is 6.16. The topological polar surface area (TPSA) is 175 Å². The minimum atomic E-state index is -5.09. The summed E-state index contributed by atoms with van der Waals surface area (Å²) in [5, 5.41) is 35.1. The highest BCUT2D eigenvalue weighted by Gasteiger charge is 2.30. The average molecular weight is 344 g/mol. The Morgan fingerprint density at radius 3 is 2.65 bits per heavy atom. The molecule has 0 saturated carbocycles. The van der Waals surface area contributed by atoms with Crippen LogP contribution in [0, 0.1) is 0 Å². The Balaban J connectivity index is 2.19. The first kappa shape index (κ1) is 17.3. The molecule has 13 heteroatoms. The molecule has 1 heterocycles. The molecule has 0 radical (unpaired) electrons. The zero-order chi connectivity index (χ0) is 17.3. The van der Waals surface area contributed by atoms with Crippen molar-refractivity contribution in [3.8, 4) is 11.3 Å². The van der Waals surface area contributed by atoms with Gasteiger partial charge >= 0.3 is 20.5 Å². The lowest BCUT2D eigenvalue weighted by Crippen LogP contribution is -2.43. The summed E-state index contributed by atoms with van der Waals surface area (Å²) in [6.07, 6.45) is 0.476. The molecule has 0 atom stereocenters. The van der Waals surface area contributed by atoms with E-state index < -0.39 is 27.0 Å². The van der Waals surface area contributed by atoms with Crippen molar-refractivity contribution in [1.82, 2.24) is 15.0 Å². The third kappa shape index (κ3) is 4.96. The van der Waals surface area contributed by atoms with Crippen molar-refractivity contribution >= 4 is 20.5 Å². The molecule has 0 bridgehead atoms. The fraction of sp³-hybridized carbons (Fsp3) is 0.100. The summed E-state index contributed by atoms with van der Waals surface area (Å²) in [6.45, 7) is -3.85. The molecular formula is C10H12BN3O8P-. The van der Waals surface area contributed by atoms with E-state index in [0.717, 1.165) is 4.68 Å². The van der Waals surface area contributed by atoms with Crippen LogP contribution in [0.5, 0.6) is 0 Å². The van der Waals surface area contributed by atoms with Crippen molar-refractivity contribution in [2.75, 3.05) is 0 Å². The smallest absolute Gasteiger partial charge is 0.430 e. The molecular weight excluding hydrogens is 332 g/mol. The summed E-state index contributed by atoms with van der Waals surface area (Å²) >= 11 is 0. The number of aromatic nitrogens is 3. The van der Waals surface area contributed by atoms with Crippen LogP contribution in [0.15, 0.2) is 30.5 Å². The van der Waals surface area contributed by atoms with Crippen LogP contribution in [-0.4, -0.2) is 52.7 Å². The number of carboxylic acid groups (broad SMARTS) is 1. The first-order chi connectivity index (χ1) is 10.6. The lowest BCUT2D eigenvalue weighted by Gasteiger charge is -2.28. The van der Waals surface area contributed by atoms with Gasteiger partial charge in [-0.3, -0.25) is 4.68 Å². The Kier molecular flexibility index (Phi) is 4.66. The van der Waals surface area contributed by atoms with Gasteiger partial charge in [-0.25, -0.2) is 9.36 Å². The van der Waals surface area contributed by atoms with Crippen molar-refractivity contribution in [2.24, 2.45) is 0 Å². The van der Waals surface area contributed by atoms with Gasteiger partial charge in [0.1, 0.15) is 5.69 Å². The quantitative estimate of drug-likeness (QED) is 0.330. The minimum Gasteiger partial charge on any atom is -0.558 e. The van der Waals surface area contributed by atoms with Crippen LogP contribution in [0.2, 0.25) is 0 Å². The highest BCUT2D eigenvalue weighted by atomic mass is 31.2. The van der Waals surface area contributed by atoms with Crippen molar-refractivity contribution in [3.05, 3.63) is 36.0 Å². The predicted molar refractivity (Wildman–Crippen MR) is 75.7 cm³/mol. The van der Waals surface area contributed by atoms with Gasteiger partial charge in [0, 0.05) is 18.2 Å². The van der Waals surface area contributed by atoms with Gasteiger partial charge in [-0.05, 0) is 12.1 Å². The van der Waals surface area contributed by atoms with Crippen LogP contribution in [0.3, 0.4) is 0 Å². The Morgan fingerprint density at radius 1 is 1.35 bits per heavy atom. The van der Waals surface area contributed by atoms with Crippen molar-refractivity contribution < 1.29 is 38.7 Å². The number of carbonyl (C=O) groups is 1. The Morgan fingerprint density at radius 2 is 2.04 bits per heavy atom. The molecule has 1 aromatic carbocycles. The molecule has 1 aromatic heterocycles. The van der Waals surface area contributed by atoms with Gasteiger partial charge in [0.05, 0.1) is 5.56 Å². The second kappa shape index (κ2) is 6.20. The summed E-state index contributed by atoms with van der Waals surface area (Å²) in [5.41, 5.74) is 0.682. The molecule has 0 aliphatic heterocycles. The van der Waals surface area contributed by atoms with Crippen LogP contribution >= 0.6 is 7.82 Å². The van der Waals surface area contributed by atoms with Gasteiger partial charge in [0.25, 0.3) is 0 Å². The molecule has 0 aliphatic carbocycles. The number of hydrogen-bond acceptors (Lipinski definition) is 7. The summed E-state index contributed by atoms with van der Waals surface area (Å²) in [7, 11) is -5.09. The molecule has 5 N–H and O–H groups in total. The largest absolute Gasteiger partial charge is 0.558 e. The third-order valence-corrected chi connectivity index (χ3v) is 3.29. The van der Waals surface area contributed by atoms with Gasteiger partial charge in [-0.1, -0.05) is 17.3 Å². The maximum atomic E-state index is 10.9. The summed E-state index contributed by atoms with van der Waals surface area (Å²) in [6, 6.07) is 5.81. The molecule has 124 valence electrons. The van der Waals surface area contributed by atoms with Crippen molar-refractivity contribution in [2.45, 2.75) is 6.44 Å². The number of hydrogen-bond donors (Lipinski definition) is 5. The number of carboxylic acids is 1. The zero-order valence-electron chi connectivity index (χ0n) is 11.4. The second-order valence-corrected chi connectivity index (χ2v) is 5.86. The van der Waals surface area contributed by atoms with E-state index in [4.69, 9.17) is 14.9 Å². The molecule has 11 nitrogen and oxygen atoms in total. The van der Waals surface area contributed by atoms with Gasteiger partial charge in [0.2, 0.25) is 0 Å². The van der Waals surface area contributed by atoms with Crippen molar-refractivity contribution in [3.63, 3.8) is 0 Å². The highest BCUT2D eigenvalue weighted by molar-refractivity contribution is 7.48.